The lowest BCUT2D eigenvalue weighted by atomic mass is 10.0. The molecule has 0 aliphatic rings. The van der Waals surface area contributed by atoms with E-state index >= 15 is 0 Å². The Morgan fingerprint density at radius 2 is 2.00 bits per heavy atom. The number of allylic oxidation sites excluding steroid dienone is 1. The number of benzene rings is 1. The molecule has 0 bridgehead atoms. The van der Waals surface area contributed by atoms with Gasteiger partial charge in [0.25, 0.3) is 0 Å². The Morgan fingerprint density at radius 3 is 2.45 bits per heavy atom. The van der Waals surface area contributed by atoms with Gasteiger partial charge in [0.05, 0.1) is 4.92 Å². The monoisotopic (exact) mass is 274 g/mol. The molecule has 0 saturated heterocycles. The van der Waals surface area contributed by atoms with Crippen molar-refractivity contribution in [1.82, 2.24) is 0 Å². The zero-order valence-corrected chi connectivity index (χ0v) is 9.69. The smallest absolute Gasteiger partial charge is 0.315 e. The Hall–Kier alpha value is -3.52. The summed E-state index contributed by atoms with van der Waals surface area (Å²) < 4.78 is 0. The van der Waals surface area contributed by atoms with Gasteiger partial charge in [0, 0.05) is 11.6 Å². The number of rotatable bonds is 3. The van der Waals surface area contributed by atoms with Gasteiger partial charge in [-0.25, -0.2) is 0 Å². The molecule has 0 aromatic heterocycles. The molecule has 0 aliphatic carbocycles. The highest BCUT2D eigenvalue weighted by atomic mass is 16.6. The zero-order chi connectivity index (χ0) is 15.4. The fourth-order valence-corrected chi connectivity index (χ4v) is 1.31. The number of ketones is 1. The topological polar surface area (TPSA) is 145 Å². The number of carbonyl (C=O) groups is 1. The normalized spacial score (nSPS) is 10.9. The summed E-state index contributed by atoms with van der Waals surface area (Å²) in [6.07, 6.45) is 4.80. The number of Topliss-reactive ketones (excluding diaryl/α,β-unsaturated/α-hetero) is 1. The van der Waals surface area contributed by atoms with Gasteiger partial charge in [0.1, 0.15) is 11.8 Å². The fraction of sp³-hybridized carbons (Fsp3) is 0. The second kappa shape index (κ2) is 5.42. The molecule has 0 radical (unpaired) electrons. The first-order valence-corrected chi connectivity index (χ1v) is 4.88. The molecule has 0 heterocycles. The van der Waals surface area contributed by atoms with Crippen LogP contribution in [0.2, 0.25) is 0 Å². The number of hydrogen-bond donors (Lipinski definition) is 3. The molecule has 1 rings (SSSR count). The summed E-state index contributed by atoms with van der Waals surface area (Å²) in [4.78, 5) is 20.8. The standard InChI is InChI=1S/C12H6N2O6/c1-2-9(15)7(5-13)11(17)6-3-8(14(19)20)12(18)10(16)4-6/h1,3-4,16-18H/b11-7-. The van der Waals surface area contributed by atoms with E-state index in [0.717, 1.165) is 6.07 Å². The van der Waals surface area contributed by atoms with Gasteiger partial charge in [-0.3, -0.25) is 14.9 Å². The van der Waals surface area contributed by atoms with Crippen molar-refractivity contribution in [2.24, 2.45) is 0 Å². The second-order valence-corrected chi connectivity index (χ2v) is 3.43. The van der Waals surface area contributed by atoms with Crippen molar-refractivity contribution in [3.05, 3.63) is 33.4 Å². The van der Waals surface area contributed by atoms with E-state index in [2.05, 4.69) is 0 Å². The molecule has 1 aromatic rings. The molecule has 100 valence electrons. The summed E-state index contributed by atoms with van der Waals surface area (Å²) in [7, 11) is 0. The summed E-state index contributed by atoms with van der Waals surface area (Å²) in [5.41, 5.74) is -2.13. The van der Waals surface area contributed by atoms with Crippen LogP contribution in [-0.4, -0.2) is 26.0 Å². The number of nitro benzene ring substituents is 1. The van der Waals surface area contributed by atoms with E-state index in [1.807, 2.05) is 0 Å². The van der Waals surface area contributed by atoms with Gasteiger partial charge in [-0.15, -0.1) is 6.42 Å². The molecule has 8 heteroatoms. The number of aliphatic hydroxyl groups is 1. The third-order valence-electron chi connectivity index (χ3n) is 2.25. The largest absolute Gasteiger partial charge is 0.506 e. The third kappa shape index (κ3) is 2.49. The van der Waals surface area contributed by atoms with Crippen LogP contribution in [0, 0.1) is 33.8 Å². The maximum atomic E-state index is 11.2. The highest BCUT2D eigenvalue weighted by Gasteiger charge is 2.22. The van der Waals surface area contributed by atoms with Crippen molar-refractivity contribution >= 4 is 17.2 Å². The maximum Gasteiger partial charge on any atom is 0.315 e. The second-order valence-electron chi connectivity index (χ2n) is 3.43. The Kier molecular flexibility index (Phi) is 3.94. The average molecular weight is 274 g/mol. The molecular weight excluding hydrogens is 268 g/mol. The van der Waals surface area contributed by atoms with Crippen LogP contribution in [0.25, 0.3) is 5.76 Å². The predicted molar refractivity (Wildman–Crippen MR) is 65.4 cm³/mol. The number of hydrogen-bond acceptors (Lipinski definition) is 7. The van der Waals surface area contributed by atoms with Crippen LogP contribution < -0.4 is 0 Å². The van der Waals surface area contributed by atoms with Gasteiger partial charge in [-0.2, -0.15) is 5.26 Å². The van der Waals surface area contributed by atoms with Crippen LogP contribution in [0.5, 0.6) is 11.5 Å². The number of aliphatic hydroxyl groups excluding tert-OH is 1. The summed E-state index contributed by atoms with van der Waals surface area (Å²) in [6.45, 7) is 0. The number of nitriles is 1. The van der Waals surface area contributed by atoms with E-state index in [4.69, 9.17) is 11.7 Å². The van der Waals surface area contributed by atoms with Crippen LogP contribution >= 0.6 is 0 Å². The number of phenolic OH excluding ortho intramolecular Hbond substituents is 2. The van der Waals surface area contributed by atoms with Crippen molar-refractivity contribution < 1.29 is 25.0 Å². The molecule has 0 atom stereocenters. The molecule has 0 saturated carbocycles. The zero-order valence-electron chi connectivity index (χ0n) is 9.69. The number of nitro groups is 1. The molecule has 3 N–H and O–H groups in total. The van der Waals surface area contributed by atoms with Gasteiger partial charge in [0.2, 0.25) is 11.5 Å². The molecule has 0 aliphatic heterocycles. The number of carbonyl (C=O) groups excluding carboxylic acids is 1. The van der Waals surface area contributed by atoms with Gasteiger partial charge < -0.3 is 15.3 Å². The first kappa shape index (κ1) is 14.5. The Labute approximate surface area is 112 Å². The molecule has 0 spiro atoms. The van der Waals surface area contributed by atoms with Crippen molar-refractivity contribution in [1.29, 1.82) is 5.26 Å². The Morgan fingerprint density at radius 1 is 1.40 bits per heavy atom. The van der Waals surface area contributed by atoms with Gasteiger partial charge in [-0.05, 0) is 12.0 Å². The molecule has 8 nitrogen and oxygen atoms in total. The van der Waals surface area contributed by atoms with Crippen molar-refractivity contribution in [2.75, 3.05) is 0 Å². The third-order valence-corrected chi connectivity index (χ3v) is 2.25. The van der Waals surface area contributed by atoms with E-state index in [9.17, 15) is 30.2 Å². The maximum absolute atomic E-state index is 11.2. The summed E-state index contributed by atoms with van der Waals surface area (Å²) in [6, 6.07) is 2.79. The minimum atomic E-state index is -1.12. The summed E-state index contributed by atoms with van der Waals surface area (Å²) >= 11 is 0. The Bertz CT molecular complexity index is 721. The fourth-order valence-electron chi connectivity index (χ4n) is 1.31. The van der Waals surface area contributed by atoms with Crippen LogP contribution in [-0.2, 0) is 4.79 Å². The highest BCUT2D eigenvalue weighted by molar-refractivity contribution is 6.14. The van der Waals surface area contributed by atoms with Crippen molar-refractivity contribution in [3.63, 3.8) is 0 Å². The molecule has 0 amide bonds. The molecule has 0 unspecified atom stereocenters. The lowest BCUT2D eigenvalue weighted by Gasteiger charge is -2.05. The van der Waals surface area contributed by atoms with Gasteiger partial charge in [-0.1, -0.05) is 0 Å². The number of terminal acetylenes is 1. The van der Waals surface area contributed by atoms with E-state index in [-0.39, 0.29) is 0 Å². The molecular formula is C12H6N2O6. The number of nitrogens with zero attached hydrogens (tertiary/aromatic N) is 2. The predicted octanol–water partition coefficient (Wildman–Crippen LogP) is 1.00. The first-order chi connectivity index (χ1) is 9.33. The van der Waals surface area contributed by atoms with Gasteiger partial charge >= 0.3 is 5.69 Å². The molecule has 20 heavy (non-hydrogen) atoms. The minimum Gasteiger partial charge on any atom is -0.506 e. The number of phenols is 2. The van der Waals surface area contributed by atoms with E-state index in [1.54, 1.807) is 5.92 Å². The minimum absolute atomic E-state index is 0.410. The summed E-state index contributed by atoms with van der Waals surface area (Å²) in [5, 5.41) is 47.7. The van der Waals surface area contributed by atoms with Crippen LogP contribution in [0.15, 0.2) is 17.7 Å². The summed E-state index contributed by atoms with van der Waals surface area (Å²) in [5.74, 6) is -2.36. The Balaban J connectivity index is 3.61. The van der Waals surface area contributed by atoms with E-state index in [0.29, 0.717) is 6.07 Å². The SMILES string of the molecule is C#CC(=O)/C(C#N)=C(\O)c1cc(O)c(O)c([N+](=O)[O-])c1. The molecule has 1 aromatic carbocycles. The van der Waals surface area contributed by atoms with Crippen molar-refractivity contribution in [2.45, 2.75) is 0 Å². The van der Waals surface area contributed by atoms with Gasteiger partial charge in [0.15, 0.2) is 11.3 Å². The van der Waals surface area contributed by atoms with Crippen LogP contribution in [0.1, 0.15) is 5.56 Å². The quantitative estimate of drug-likeness (QED) is 0.109. The van der Waals surface area contributed by atoms with E-state index < -0.39 is 44.8 Å². The lowest BCUT2D eigenvalue weighted by Crippen LogP contribution is -2.01. The van der Waals surface area contributed by atoms with Crippen LogP contribution in [0.3, 0.4) is 0 Å². The number of aromatic hydroxyl groups is 2. The average Bonchev–Trinajstić information content (AvgIpc) is 2.41. The lowest BCUT2D eigenvalue weighted by molar-refractivity contribution is -0.386. The highest BCUT2D eigenvalue weighted by Crippen LogP contribution is 2.37. The first-order valence-electron chi connectivity index (χ1n) is 4.88. The van der Waals surface area contributed by atoms with E-state index in [1.165, 1.54) is 6.07 Å². The molecule has 0 fully saturated rings. The van der Waals surface area contributed by atoms with Crippen molar-refractivity contribution in [3.8, 4) is 29.9 Å². The van der Waals surface area contributed by atoms with Crippen LogP contribution in [0.4, 0.5) is 5.69 Å².